The molecule has 20 heavy (non-hydrogen) atoms. The Balaban J connectivity index is 2.01. The second-order valence-corrected chi connectivity index (χ2v) is 6.43. The molecule has 0 aliphatic carbocycles. The Morgan fingerprint density at radius 1 is 1.30 bits per heavy atom. The van der Waals surface area contributed by atoms with Crippen LogP contribution < -0.4 is 10.6 Å². The second-order valence-electron chi connectivity index (χ2n) is 5.53. The number of hydrogen-bond donors (Lipinski definition) is 2. The van der Waals surface area contributed by atoms with E-state index in [-0.39, 0.29) is 17.9 Å². The summed E-state index contributed by atoms with van der Waals surface area (Å²) in [5, 5.41) is 8.58. The number of hydrogen-bond acceptors (Lipinski definition) is 4. The van der Waals surface area contributed by atoms with E-state index >= 15 is 0 Å². The van der Waals surface area contributed by atoms with E-state index in [4.69, 9.17) is 0 Å². The number of para-hydroxylation sites is 1. The number of carbonyl (C=O) groups is 1. The maximum Gasteiger partial charge on any atom is 0.243 e. The largest absolute Gasteiger partial charge is 0.352 e. The van der Waals surface area contributed by atoms with Crippen LogP contribution in [0.15, 0.2) is 35.8 Å². The molecule has 0 aliphatic heterocycles. The van der Waals surface area contributed by atoms with Crippen molar-refractivity contribution in [1.82, 2.24) is 4.98 Å². The van der Waals surface area contributed by atoms with Gasteiger partial charge in [0.05, 0.1) is 6.54 Å². The van der Waals surface area contributed by atoms with Gasteiger partial charge in [-0.2, -0.15) is 0 Å². The number of anilines is 2. The highest BCUT2D eigenvalue weighted by Crippen LogP contribution is 2.29. The van der Waals surface area contributed by atoms with Crippen LogP contribution in [-0.2, 0) is 10.2 Å². The van der Waals surface area contributed by atoms with E-state index in [1.165, 1.54) is 11.3 Å². The number of thiazole rings is 1. The number of aromatic nitrogens is 1. The molecule has 5 heteroatoms. The number of amides is 1. The quantitative estimate of drug-likeness (QED) is 0.906. The first kappa shape index (κ1) is 14.5. The van der Waals surface area contributed by atoms with E-state index in [0.717, 1.165) is 16.4 Å². The van der Waals surface area contributed by atoms with Gasteiger partial charge in [-0.1, -0.05) is 39.0 Å². The van der Waals surface area contributed by atoms with Crippen molar-refractivity contribution in [3.05, 3.63) is 41.4 Å². The van der Waals surface area contributed by atoms with Gasteiger partial charge in [0.2, 0.25) is 5.91 Å². The zero-order chi connectivity index (χ0) is 14.6. The molecule has 2 rings (SSSR count). The van der Waals surface area contributed by atoms with Crippen molar-refractivity contribution in [3.63, 3.8) is 0 Å². The number of nitrogens with zero attached hydrogens (tertiary/aromatic N) is 1. The lowest BCUT2D eigenvalue weighted by atomic mass is 9.86. The lowest BCUT2D eigenvalue weighted by Crippen LogP contribution is -2.24. The van der Waals surface area contributed by atoms with Crippen LogP contribution in [0.1, 0.15) is 26.3 Å². The third-order valence-corrected chi connectivity index (χ3v) is 3.57. The third-order valence-electron chi connectivity index (χ3n) is 2.84. The first-order chi connectivity index (χ1) is 9.47. The molecular weight excluding hydrogens is 270 g/mol. The topological polar surface area (TPSA) is 54.0 Å². The van der Waals surface area contributed by atoms with Crippen LogP contribution in [0, 0.1) is 0 Å². The first-order valence-corrected chi connectivity index (χ1v) is 7.37. The van der Waals surface area contributed by atoms with Crippen LogP contribution in [0.2, 0.25) is 0 Å². The summed E-state index contributed by atoms with van der Waals surface area (Å²) < 4.78 is 0. The second kappa shape index (κ2) is 6.05. The molecular formula is C15H19N3OS. The number of carbonyl (C=O) groups excluding carboxylic acids is 1. The minimum atomic E-state index is -0.0723. The molecule has 0 radical (unpaired) electrons. The number of nitrogens with one attached hydrogen (secondary N) is 2. The van der Waals surface area contributed by atoms with Crippen molar-refractivity contribution >= 4 is 28.1 Å². The molecule has 4 nitrogen and oxygen atoms in total. The molecule has 0 spiro atoms. The Hall–Kier alpha value is -1.88. The predicted octanol–water partition coefficient (Wildman–Crippen LogP) is 3.49. The SMILES string of the molecule is CC(C)(C)c1ccccc1NC(=O)CNc1nccs1. The molecule has 2 N–H and O–H groups in total. The maximum atomic E-state index is 12.0. The van der Waals surface area contributed by atoms with E-state index in [0.29, 0.717) is 0 Å². The molecule has 2 aromatic rings. The van der Waals surface area contributed by atoms with Gasteiger partial charge in [-0.05, 0) is 17.0 Å². The molecule has 106 valence electrons. The minimum Gasteiger partial charge on any atom is -0.352 e. The Morgan fingerprint density at radius 2 is 2.05 bits per heavy atom. The molecule has 1 heterocycles. The highest BCUT2D eigenvalue weighted by molar-refractivity contribution is 7.13. The van der Waals surface area contributed by atoms with E-state index in [9.17, 15) is 4.79 Å². The fourth-order valence-corrected chi connectivity index (χ4v) is 2.43. The molecule has 0 atom stereocenters. The Kier molecular flexibility index (Phi) is 4.39. The molecule has 0 unspecified atom stereocenters. The fourth-order valence-electron chi connectivity index (χ4n) is 1.91. The Bertz CT molecular complexity index is 573. The van der Waals surface area contributed by atoms with Gasteiger partial charge in [-0.3, -0.25) is 4.79 Å². The standard InChI is InChI=1S/C15H19N3OS/c1-15(2,3)11-6-4-5-7-12(11)18-13(19)10-17-14-16-8-9-20-14/h4-9H,10H2,1-3H3,(H,16,17)(H,18,19). The van der Waals surface area contributed by atoms with Crippen LogP contribution >= 0.6 is 11.3 Å². The predicted molar refractivity (Wildman–Crippen MR) is 84.4 cm³/mol. The maximum absolute atomic E-state index is 12.0. The van der Waals surface area contributed by atoms with E-state index in [2.05, 4.69) is 36.4 Å². The highest BCUT2D eigenvalue weighted by Gasteiger charge is 2.18. The summed E-state index contributed by atoms with van der Waals surface area (Å²) in [7, 11) is 0. The average Bonchev–Trinajstić information content (AvgIpc) is 2.89. The molecule has 0 fully saturated rings. The highest BCUT2D eigenvalue weighted by atomic mass is 32.1. The van der Waals surface area contributed by atoms with Crippen LogP contribution in [0.3, 0.4) is 0 Å². The minimum absolute atomic E-state index is 0.00733. The van der Waals surface area contributed by atoms with Crippen molar-refractivity contribution in [2.45, 2.75) is 26.2 Å². The van der Waals surface area contributed by atoms with Crippen LogP contribution in [0.4, 0.5) is 10.8 Å². The lowest BCUT2D eigenvalue weighted by Gasteiger charge is -2.23. The fraction of sp³-hybridized carbons (Fsp3) is 0.333. The molecule has 0 bridgehead atoms. The van der Waals surface area contributed by atoms with Gasteiger partial charge < -0.3 is 10.6 Å². The summed E-state index contributed by atoms with van der Waals surface area (Å²) in [5.74, 6) is -0.0723. The summed E-state index contributed by atoms with van der Waals surface area (Å²) in [6, 6.07) is 7.90. The number of benzene rings is 1. The van der Waals surface area contributed by atoms with Crippen molar-refractivity contribution in [1.29, 1.82) is 0 Å². The smallest absolute Gasteiger partial charge is 0.243 e. The summed E-state index contributed by atoms with van der Waals surface area (Å²) >= 11 is 1.48. The molecule has 0 saturated heterocycles. The van der Waals surface area contributed by atoms with Crippen LogP contribution in [0.5, 0.6) is 0 Å². The number of rotatable bonds is 4. The Labute approximate surface area is 123 Å². The molecule has 0 saturated carbocycles. The summed E-state index contributed by atoms with van der Waals surface area (Å²) in [5.41, 5.74) is 1.99. The third kappa shape index (κ3) is 3.81. The van der Waals surface area contributed by atoms with Crippen molar-refractivity contribution in [3.8, 4) is 0 Å². The van der Waals surface area contributed by atoms with Gasteiger partial charge in [-0.25, -0.2) is 4.98 Å². The van der Waals surface area contributed by atoms with E-state index in [1.807, 2.05) is 29.6 Å². The molecule has 0 aliphatic rings. The van der Waals surface area contributed by atoms with Gasteiger partial charge in [0.25, 0.3) is 0 Å². The van der Waals surface area contributed by atoms with Gasteiger partial charge in [-0.15, -0.1) is 11.3 Å². The van der Waals surface area contributed by atoms with Gasteiger partial charge >= 0.3 is 0 Å². The lowest BCUT2D eigenvalue weighted by molar-refractivity contribution is -0.114. The first-order valence-electron chi connectivity index (χ1n) is 6.49. The summed E-state index contributed by atoms with van der Waals surface area (Å²) in [6.45, 7) is 6.61. The van der Waals surface area contributed by atoms with Crippen molar-refractivity contribution in [2.24, 2.45) is 0 Å². The molecule has 1 amide bonds. The van der Waals surface area contributed by atoms with E-state index in [1.54, 1.807) is 6.20 Å². The summed E-state index contributed by atoms with van der Waals surface area (Å²) in [4.78, 5) is 16.1. The zero-order valence-corrected chi connectivity index (χ0v) is 12.8. The van der Waals surface area contributed by atoms with Crippen molar-refractivity contribution in [2.75, 3.05) is 17.2 Å². The molecule has 1 aromatic heterocycles. The normalized spacial score (nSPS) is 11.2. The van der Waals surface area contributed by atoms with Crippen LogP contribution in [-0.4, -0.2) is 17.4 Å². The average molecular weight is 289 g/mol. The zero-order valence-electron chi connectivity index (χ0n) is 11.9. The molecule has 1 aromatic carbocycles. The monoisotopic (exact) mass is 289 g/mol. The van der Waals surface area contributed by atoms with Gasteiger partial charge in [0.15, 0.2) is 5.13 Å². The van der Waals surface area contributed by atoms with Gasteiger partial charge in [0.1, 0.15) is 0 Å². The van der Waals surface area contributed by atoms with Gasteiger partial charge in [0, 0.05) is 17.3 Å². The Morgan fingerprint density at radius 3 is 2.70 bits per heavy atom. The van der Waals surface area contributed by atoms with Crippen LogP contribution in [0.25, 0.3) is 0 Å². The van der Waals surface area contributed by atoms with E-state index < -0.39 is 0 Å². The van der Waals surface area contributed by atoms with Crippen molar-refractivity contribution < 1.29 is 4.79 Å². The summed E-state index contributed by atoms with van der Waals surface area (Å²) in [6.07, 6.45) is 1.71.